The van der Waals surface area contributed by atoms with E-state index >= 15 is 0 Å². The van der Waals surface area contributed by atoms with Crippen molar-refractivity contribution in [3.63, 3.8) is 0 Å². The van der Waals surface area contributed by atoms with Crippen LogP contribution in [0.4, 0.5) is 26.1 Å². The number of nitrogens with one attached hydrogen (secondary N) is 3. The molecule has 0 saturated carbocycles. The van der Waals surface area contributed by atoms with Gasteiger partial charge in [-0.05, 0) is 44.2 Å². The quantitative estimate of drug-likeness (QED) is 0.421. The van der Waals surface area contributed by atoms with Crippen LogP contribution in [0.25, 0.3) is 0 Å². The maximum absolute atomic E-state index is 14.8. The van der Waals surface area contributed by atoms with Crippen LogP contribution in [0.2, 0.25) is 0 Å². The molecule has 0 spiro atoms. The standard InChI is InChI=1S/C26H30F2N6O3/c1-15-12-34(13-16(2)32-15)18-7-5-17(6-8-18)33-26-30-10-19(11-31-26)37-14-21-23(27)20(25(35)29-3)9-22(36-4)24(21)28/h5-11,15-16,32H,12-14H2,1-4H3,(H,29,35)(H,30,31,33)/t15-,16+. The zero-order valence-electron chi connectivity index (χ0n) is 21.1. The zero-order valence-corrected chi connectivity index (χ0v) is 21.1. The Morgan fingerprint density at radius 2 is 1.76 bits per heavy atom. The normalized spacial score (nSPS) is 17.3. The second kappa shape index (κ2) is 11.4. The fourth-order valence-electron chi connectivity index (χ4n) is 4.27. The predicted molar refractivity (Wildman–Crippen MR) is 137 cm³/mol. The summed E-state index contributed by atoms with van der Waals surface area (Å²) in [6.07, 6.45) is 2.78. The summed E-state index contributed by atoms with van der Waals surface area (Å²) in [5, 5.41) is 8.96. The molecule has 0 aliphatic carbocycles. The Morgan fingerprint density at radius 3 is 2.35 bits per heavy atom. The summed E-state index contributed by atoms with van der Waals surface area (Å²) in [5.41, 5.74) is 1.18. The number of nitrogens with zero attached hydrogens (tertiary/aromatic N) is 3. The Kier molecular flexibility index (Phi) is 8.02. The van der Waals surface area contributed by atoms with Crippen LogP contribution in [0, 0.1) is 11.6 Å². The van der Waals surface area contributed by atoms with E-state index in [1.54, 1.807) is 0 Å². The number of piperazine rings is 1. The average molecular weight is 513 g/mol. The number of carbonyl (C=O) groups is 1. The molecule has 2 heterocycles. The Labute approximate surface area is 214 Å². The monoisotopic (exact) mass is 512 g/mol. The van der Waals surface area contributed by atoms with Gasteiger partial charge in [0.05, 0.1) is 30.6 Å². The molecule has 9 nitrogen and oxygen atoms in total. The number of halogens is 2. The van der Waals surface area contributed by atoms with E-state index in [-0.39, 0.29) is 17.1 Å². The minimum atomic E-state index is -1.02. The predicted octanol–water partition coefficient (Wildman–Crippen LogP) is 3.63. The Morgan fingerprint density at radius 1 is 1.11 bits per heavy atom. The van der Waals surface area contributed by atoms with Crippen molar-refractivity contribution in [1.29, 1.82) is 0 Å². The number of ether oxygens (including phenoxy) is 2. The van der Waals surface area contributed by atoms with Gasteiger partial charge >= 0.3 is 0 Å². The number of hydrogen-bond donors (Lipinski definition) is 3. The topological polar surface area (TPSA) is 101 Å². The highest BCUT2D eigenvalue weighted by Gasteiger charge is 2.23. The van der Waals surface area contributed by atoms with Crippen LogP contribution < -0.4 is 30.3 Å². The maximum atomic E-state index is 14.8. The van der Waals surface area contributed by atoms with Crippen LogP contribution in [0.3, 0.4) is 0 Å². The van der Waals surface area contributed by atoms with Gasteiger partial charge in [0.25, 0.3) is 5.91 Å². The van der Waals surface area contributed by atoms with Crippen LogP contribution in [0.15, 0.2) is 42.7 Å². The van der Waals surface area contributed by atoms with Crippen molar-refractivity contribution >= 4 is 23.2 Å². The minimum absolute atomic E-state index is 0.200. The van der Waals surface area contributed by atoms with Gasteiger partial charge in [-0.25, -0.2) is 18.7 Å². The van der Waals surface area contributed by atoms with Gasteiger partial charge in [-0.3, -0.25) is 4.79 Å². The summed E-state index contributed by atoms with van der Waals surface area (Å²) in [6.45, 7) is 5.75. The van der Waals surface area contributed by atoms with E-state index in [1.165, 1.54) is 26.6 Å². The largest absolute Gasteiger partial charge is 0.494 e. The van der Waals surface area contributed by atoms with Gasteiger partial charge < -0.3 is 30.3 Å². The number of anilines is 3. The summed E-state index contributed by atoms with van der Waals surface area (Å²) < 4.78 is 39.9. The van der Waals surface area contributed by atoms with Gasteiger partial charge in [-0.1, -0.05) is 0 Å². The highest BCUT2D eigenvalue weighted by molar-refractivity contribution is 5.95. The lowest BCUT2D eigenvalue weighted by atomic mass is 10.1. The third-order valence-corrected chi connectivity index (χ3v) is 6.01. The highest BCUT2D eigenvalue weighted by atomic mass is 19.1. The molecule has 1 saturated heterocycles. The van der Waals surface area contributed by atoms with Crippen molar-refractivity contribution in [3.8, 4) is 11.5 Å². The van der Waals surface area contributed by atoms with Gasteiger partial charge in [-0.15, -0.1) is 0 Å². The zero-order chi connectivity index (χ0) is 26.5. The lowest BCUT2D eigenvalue weighted by Gasteiger charge is -2.37. The minimum Gasteiger partial charge on any atom is -0.494 e. The molecule has 1 aliphatic heterocycles. The number of amides is 1. The SMILES string of the molecule is CNC(=O)c1cc(OC)c(F)c(COc2cnc(Nc3ccc(N4C[C@@H](C)N[C@@H](C)C4)cc3)nc2)c1F. The van der Waals surface area contributed by atoms with Crippen molar-refractivity contribution in [3.05, 3.63) is 65.5 Å². The second-order valence-electron chi connectivity index (χ2n) is 8.89. The third kappa shape index (κ3) is 6.05. The summed E-state index contributed by atoms with van der Waals surface area (Å²) in [7, 11) is 2.58. The highest BCUT2D eigenvalue weighted by Crippen LogP contribution is 2.28. The van der Waals surface area contributed by atoms with Crippen LogP contribution in [-0.2, 0) is 6.61 Å². The van der Waals surface area contributed by atoms with Gasteiger partial charge in [0.15, 0.2) is 17.3 Å². The van der Waals surface area contributed by atoms with E-state index < -0.39 is 29.7 Å². The molecule has 2 atom stereocenters. The van der Waals surface area contributed by atoms with Crippen LogP contribution in [0.1, 0.15) is 29.8 Å². The number of rotatable bonds is 8. The molecular weight excluding hydrogens is 482 g/mol. The third-order valence-electron chi connectivity index (χ3n) is 6.01. The molecular formula is C26H30F2N6O3. The fourth-order valence-corrected chi connectivity index (χ4v) is 4.27. The van der Waals surface area contributed by atoms with E-state index in [2.05, 4.69) is 56.8 Å². The van der Waals surface area contributed by atoms with Crippen molar-refractivity contribution in [2.24, 2.45) is 0 Å². The maximum Gasteiger partial charge on any atom is 0.254 e. The number of hydrogen-bond acceptors (Lipinski definition) is 8. The first-order chi connectivity index (χ1) is 17.8. The first-order valence-corrected chi connectivity index (χ1v) is 11.9. The summed E-state index contributed by atoms with van der Waals surface area (Å²) in [4.78, 5) is 22.7. The molecule has 0 bridgehead atoms. The van der Waals surface area contributed by atoms with Crippen molar-refractivity contribution in [2.75, 3.05) is 37.5 Å². The first kappa shape index (κ1) is 26.1. The van der Waals surface area contributed by atoms with Gasteiger partial charge in [0.1, 0.15) is 12.4 Å². The fraction of sp³-hybridized carbons (Fsp3) is 0.346. The van der Waals surface area contributed by atoms with Gasteiger partial charge in [0.2, 0.25) is 5.95 Å². The summed E-state index contributed by atoms with van der Waals surface area (Å²) in [6, 6.07) is 9.87. The molecule has 1 fully saturated rings. The Bertz CT molecular complexity index is 1230. The van der Waals surface area contributed by atoms with E-state index in [0.29, 0.717) is 18.0 Å². The summed E-state index contributed by atoms with van der Waals surface area (Å²) >= 11 is 0. The van der Waals surface area contributed by atoms with E-state index in [9.17, 15) is 13.6 Å². The van der Waals surface area contributed by atoms with Crippen LogP contribution in [0.5, 0.6) is 11.5 Å². The molecule has 1 aromatic heterocycles. The van der Waals surface area contributed by atoms with Crippen molar-refractivity contribution < 1.29 is 23.0 Å². The Balaban J connectivity index is 1.40. The number of carbonyl (C=O) groups excluding carboxylic acids is 1. The van der Waals surface area contributed by atoms with Gasteiger partial charge in [-0.2, -0.15) is 0 Å². The first-order valence-electron chi connectivity index (χ1n) is 11.9. The smallest absolute Gasteiger partial charge is 0.254 e. The number of benzene rings is 2. The summed E-state index contributed by atoms with van der Waals surface area (Å²) in [5.74, 6) is -2.40. The molecule has 3 N–H and O–H groups in total. The van der Waals surface area contributed by atoms with Crippen LogP contribution >= 0.6 is 0 Å². The van der Waals surface area contributed by atoms with E-state index in [0.717, 1.165) is 30.5 Å². The van der Waals surface area contributed by atoms with Crippen molar-refractivity contribution in [2.45, 2.75) is 32.5 Å². The molecule has 1 amide bonds. The lowest BCUT2D eigenvalue weighted by Crippen LogP contribution is -2.54. The van der Waals surface area contributed by atoms with Gasteiger partial charge in [0, 0.05) is 43.6 Å². The average Bonchev–Trinajstić information content (AvgIpc) is 2.89. The van der Waals surface area contributed by atoms with E-state index in [1.807, 2.05) is 12.1 Å². The molecule has 3 aromatic rings. The molecule has 11 heteroatoms. The second-order valence-corrected chi connectivity index (χ2v) is 8.89. The molecule has 0 unspecified atom stereocenters. The van der Waals surface area contributed by atoms with E-state index in [4.69, 9.17) is 9.47 Å². The lowest BCUT2D eigenvalue weighted by molar-refractivity contribution is 0.0958. The van der Waals surface area contributed by atoms with Crippen molar-refractivity contribution in [1.82, 2.24) is 20.6 Å². The Hall–Kier alpha value is -3.99. The molecule has 2 aromatic carbocycles. The molecule has 196 valence electrons. The van der Waals surface area contributed by atoms with Crippen LogP contribution in [-0.4, -0.2) is 55.2 Å². The molecule has 0 radical (unpaired) electrons. The molecule has 4 rings (SSSR count). The number of aromatic nitrogens is 2. The molecule has 37 heavy (non-hydrogen) atoms. The number of methoxy groups -OCH3 is 1. The molecule has 1 aliphatic rings.